The van der Waals surface area contributed by atoms with Gasteiger partial charge in [0, 0.05) is 24.5 Å². The number of anilines is 2. The quantitative estimate of drug-likeness (QED) is 0.454. The van der Waals surface area contributed by atoms with E-state index in [0.29, 0.717) is 28.4 Å². The summed E-state index contributed by atoms with van der Waals surface area (Å²) in [6, 6.07) is 19.7. The number of carbonyl (C=O) groups excluding carboxylic acids is 2. The van der Waals surface area contributed by atoms with Crippen LogP contribution in [-0.2, 0) is 14.4 Å². The lowest BCUT2D eigenvalue weighted by Crippen LogP contribution is -2.42. The van der Waals surface area contributed by atoms with Crippen molar-refractivity contribution in [3.8, 4) is 5.75 Å². The first-order valence-corrected chi connectivity index (χ1v) is 12.4. The van der Waals surface area contributed by atoms with E-state index in [0.717, 1.165) is 5.56 Å². The molecule has 1 amide bonds. The molecule has 5 rings (SSSR count). The highest BCUT2D eigenvalue weighted by Gasteiger charge is 2.45. The molecule has 0 aromatic heterocycles. The van der Waals surface area contributed by atoms with Crippen molar-refractivity contribution >= 4 is 29.0 Å². The second-order valence-electron chi connectivity index (χ2n) is 9.45. The predicted molar refractivity (Wildman–Crippen MR) is 140 cm³/mol. The SMILES string of the molecule is COc1cccc([C@H]2C=C3Nc4ccccc4N(C(=O)CCC(=O)O)[C@H](c4ccc(F)cc4)[C@@H]3C(=O)C2)c1. The minimum atomic E-state index is -1.09. The number of benzene rings is 3. The third-order valence-corrected chi connectivity index (χ3v) is 7.08. The number of halogens is 1. The molecule has 0 unspecified atom stereocenters. The van der Waals surface area contributed by atoms with E-state index in [4.69, 9.17) is 4.74 Å². The largest absolute Gasteiger partial charge is 0.497 e. The van der Waals surface area contributed by atoms with Crippen LogP contribution in [0.3, 0.4) is 0 Å². The summed E-state index contributed by atoms with van der Waals surface area (Å²) in [6.07, 6.45) is 1.63. The number of allylic oxidation sites excluding steroid dienone is 1. The maximum atomic E-state index is 13.9. The highest BCUT2D eigenvalue weighted by Crippen LogP contribution is 2.48. The van der Waals surface area contributed by atoms with Gasteiger partial charge in [-0.3, -0.25) is 14.4 Å². The molecule has 0 spiro atoms. The molecule has 1 heterocycles. The fourth-order valence-electron chi connectivity index (χ4n) is 5.32. The van der Waals surface area contributed by atoms with Gasteiger partial charge >= 0.3 is 5.97 Å². The van der Waals surface area contributed by atoms with E-state index in [1.165, 1.54) is 17.0 Å². The van der Waals surface area contributed by atoms with Gasteiger partial charge in [0.2, 0.25) is 5.91 Å². The molecule has 0 saturated heterocycles. The number of hydrogen-bond donors (Lipinski definition) is 2. The zero-order chi connectivity index (χ0) is 26.8. The topological polar surface area (TPSA) is 95.9 Å². The normalized spacial score (nSPS) is 20.4. The number of carboxylic acids is 1. The molecule has 194 valence electrons. The van der Waals surface area contributed by atoms with E-state index in [2.05, 4.69) is 5.32 Å². The monoisotopic (exact) mass is 514 g/mol. The van der Waals surface area contributed by atoms with Gasteiger partial charge in [0.15, 0.2) is 0 Å². The molecule has 3 atom stereocenters. The number of Topliss-reactive ketones (excluding diaryl/α,β-unsaturated/α-hetero) is 1. The molecule has 0 saturated carbocycles. The van der Waals surface area contributed by atoms with Gasteiger partial charge in [-0.2, -0.15) is 0 Å². The molecule has 0 bridgehead atoms. The standard InChI is InChI=1S/C30H27FN2O5/c1-38-22-6-4-5-19(15-22)20-16-24-29(26(34)17-20)30(18-9-11-21(31)12-10-18)33(27(35)13-14-28(36)37)25-8-3-2-7-23(25)32-24/h2-12,15-16,20,29-30,32H,13-14,17H2,1H3,(H,36,37)/t20-,29-,30+/m0/s1. The Morgan fingerprint density at radius 3 is 2.53 bits per heavy atom. The average molecular weight is 515 g/mol. The molecule has 38 heavy (non-hydrogen) atoms. The van der Waals surface area contributed by atoms with Gasteiger partial charge in [-0.1, -0.05) is 42.5 Å². The van der Waals surface area contributed by atoms with Crippen molar-refractivity contribution in [1.29, 1.82) is 0 Å². The maximum absolute atomic E-state index is 13.9. The molecule has 1 aliphatic carbocycles. The third kappa shape index (κ3) is 4.89. The number of fused-ring (bicyclic) bond motifs is 2. The van der Waals surface area contributed by atoms with Crippen molar-refractivity contribution in [2.45, 2.75) is 31.2 Å². The van der Waals surface area contributed by atoms with E-state index in [1.807, 2.05) is 42.5 Å². The van der Waals surface area contributed by atoms with Gasteiger partial charge in [-0.25, -0.2) is 4.39 Å². The number of aliphatic carboxylic acids is 1. The molecule has 1 aliphatic heterocycles. The average Bonchev–Trinajstić information content (AvgIpc) is 3.07. The third-order valence-electron chi connectivity index (χ3n) is 7.08. The summed E-state index contributed by atoms with van der Waals surface area (Å²) < 4.78 is 19.3. The van der Waals surface area contributed by atoms with Crippen molar-refractivity contribution in [2.75, 3.05) is 17.3 Å². The number of carboxylic acid groups (broad SMARTS) is 1. The van der Waals surface area contributed by atoms with Gasteiger partial charge < -0.3 is 20.1 Å². The molecular formula is C30H27FN2O5. The van der Waals surface area contributed by atoms with E-state index in [9.17, 15) is 23.9 Å². The van der Waals surface area contributed by atoms with Gasteiger partial charge in [0.25, 0.3) is 0 Å². The van der Waals surface area contributed by atoms with Crippen molar-refractivity contribution in [2.24, 2.45) is 5.92 Å². The van der Waals surface area contributed by atoms with Crippen LogP contribution in [0, 0.1) is 11.7 Å². The Hall–Kier alpha value is -4.46. The summed E-state index contributed by atoms with van der Waals surface area (Å²) >= 11 is 0. The number of para-hydroxylation sites is 2. The van der Waals surface area contributed by atoms with Crippen molar-refractivity contribution in [3.63, 3.8) is 0 Å². The number of carbonyl (C=O) groups is 3. The Morgan fingerprint density at radius 1 is 1.03 bits per heavy atom. The number of nitrogens with zero attached hydrogens (tertiary/aromatic N) is 1. The Morgan fingerprint density at radius 2 is 1.79 bits per heavy atom. The summed E-state index contributed by atoms with van der Waals surface area (Å²) in [5.41, 5.74) is 3.30. The zero-order valence-electron chi connectivity index (χ0n) is 20.8. The fraction of sp³-hybridized carbons (Fsp3) is 0.233. The zero-order valence-corrected chi connectivity index (χ0v) is 20.8. The maximum Gasteiger partial charge on any atom is 0.303 e. The number of ketones is 1. The van der Waals surface area contributed by atoms with E-state index in [1.54, 1.807) is 31.4 Å². The second-order valence-corrected chi connectivity index (χ2v) is 9.45. The van der Waals surface area contributed by atoms with Crippen LogP contribution in [0.25, 0.3) is 0 Å². The molecule has 0 fully saturated rings. The van der Waals surface area contributed by atoms with Crippen LogP contribution in [0.4, 0.5) is 15.8 Å². The Kier molecular flexibility index (Phi) is 6.96. The number of ether oxygens (including phenoxy) is 1. The van der Waals surface area contributed by atoms with Crippen molar-refractivity contribution in [1.82, 2.24) is 0 Å². The molecule has 3 aromatic carbocycles. The first-order valence-electron chi connectivity index (χ1n) is 12.4. The van der Waals surface area contributed by atoms with Crippen LogP contribution in [0.1, 0.15) is 42.3 Å². The molecule has 3 aromatic rings. The van der Waals surface area contributed by atoms with Gasteiger partial charge in [-0.05, 0) is 47.5 Å². The molecule has 2 aliphatic rings. The van der Waals surface area contributed by atoms with Crippen molar-refractivity contribution < 1.29 is 28.6 Å². The van der Waals surface area contributed by atoms with Crippen molar-refractivity contribution in [3.05, 3.63) is 102 Å². The highest BCUT2D eigenvalue weighted by molar-refractivity contribution is 6.02. The Balaban J connectivity index is 1.67. The number of rotatable bonds is 6. The number of nitrogens with one attached hydrogen (secondary N) is 1. The lowest BCUT2D eigenvalue weighted by atomic mass is 9.76. The first kappa shape index (κ1) is 25.2. The fourth-order valence-corrected chi connectivity index (χ4v) is 5.32. The van der Waals surface area contributed by atoms with Crippen LogP contribution in [0.2, 0.25) is 0 Å². The first-order chi connectivity index (χ1) is 18.4. The van der Waals surface area contributed by atoms with Crippen LogP contribution in [0.15, 0.2) is 84.6 Å². The molecule has 2 N–H and O–H groups in total. The minimum Gasteiger partial charge on any atom is -0.497 e. The van der Waals surface area contributed by atoms with Gasteiger partial charge in [0.05, 0.1) is 36.9 Å². The molecule has 0 radical (unpaired) electrons. The predicted octanol–water partition coefficient (Wildman–Crippen LogP) is 5.46. The minimum absolute atomic E-state index is 0.0824. The van der Waals surface area contributed by atoms with Gasteiger partial charge in [-0.15, -0.1) is 0 Å². The molecule has 8 heteroatoms. The number of amides is 1. The van der Waals surface area contributed by atoms with E-state index >= 15 is 0 Å². The smallest absolute Gasteiger partial charge is 0.303 e. The van der Waals surface area contributed by atoms with E-state index in [-0.39, 0.29) is 31.0 Å². The van der Waals surface area contributed by atoms with Gasteiger partial charge in [0.1, 0.15) is 17.3 Å². The lowest BCUT2D eigenvalue weighted by Gasteiger charge is -2.37. The summed E-state index contributed by atoms with van der Waals surface area (Å²) in [5, 5.41) is 12.6. The summed E-state index contributed by atoms with van der Waals surface area (Å²) in [6.45, 7) is 0. The Labute approximate surface area is 219 Å². The Bertz CT molecular complexity index is 1420. The second kappa shape index (κ2) is 10.5. The van der Waals surface area contributed by atoms with Crippen LogP contribution >= 0.6 is 0 Å². The number of hydrogen-bond acceptors (Lipinski definition) is 5. The summed E-state index contributed by atoms with van der Waals surface area (Å²) in [4.78, 5) is 40.4. The van der Waals surface area contributed by atoms with Crippen LogP contribution in [-0.4, -0.2) is 29.9 Å². The molecule has 7 nitrogen and oxygen atoms in total. The van der Waals surface area contributed by atoms with E-state index < -0.39 is 29.7 Å². The number of methoxy groups -OCH3 is 1. The van der Waals surface area contributed by atoms with Crippen LogP contribution < -0.4 is 15.0 Å². The summed E-state index contributed by atoms with van der Waals surface area (Å²) in [7, 11) is 1.59. The molecular weight excluding hydrogens is 487 g/mol. The summed E-state index contributed by atoms with van der Waals surface area (Å²) in [5.74, 6) is -2.33. The van der Waals surface area contributed by atoms with Crippen LogP contribution in [0.5, 0.6) is 5.75 Å². The lowest BCUT2D eigenvalue weighted by molar-refractivity contribution is -0.138. The highest BCUT2D eigenvalue weighted by atomic mass is 19.1.